The van der Waals surface area contributed by atoms with E-state index in [0.29, 0.717) is 24.7 Å². The van der Waals surface area contributed by atoms with Gasteiger partial charge in [-0.25, -0.2) is 0 Å². The van der Waals surface area contributed by atoms with Gasteiger partial charge in [0.1, 0.15) is 0 Å². The number of hydrogen-bond acceptors (Lipinski definition) is 6. The van der Waals surface area contributed by atoms with Gasteiger partial charge in [-0.05, 0) is 49.9 Å². The van der Waals surface area contributed by atoms with Crippen molar-refractivity contribution in [3.05, 3.63) is 35.7 Å². The van der Waals surface area contributed by atoms with Gasteiger partial charge >= 0.3 is 5.97 Å². The number of rotatable bonds is 8. The van der Waals surface area contributed by atoms with Crippen molar-refractivity contribution in [2.75, 3.05) is 31.1 Å². The molecule has 2 aliphatic rings. The zero-order valence-corrected chi connectivity index (χ0v) is 17.0. The van der Waals surface area contributed by atoms with Crippen molar-refractivity contribution in [1.82, 2.24) is 25.5 Å². The Hall–Kier alpha value is -2.48. The summed E-state index contributed by atoms with van der Waals surface area (Å²) in [6.07, 6.45) is 4.61. The Balaban J connectivity index is 1.47. The van der Waals surface area contributed by atoms with E-state index in [0.717, 1.165) is 31.6 Å². The van der Waals surface area contributed by atoms with Crippen LogP contribution < -0.4 is 4.90 Å². The van der Waals surface area contributed by atoms with Crippen LogP contribution in [0.5, 0.6) is 0 Å². The molecule has 156 valence electrons. The summed E-state index contributed by atoms with van der Waals surface area (Å²) in [5, 5.41) is 24.1. The second-order valence-corrected chi connectivity index (χ2v) is 8.26. The molecule has 29 heavy (non-hydrogen) atoms. The molecule has 0 bridgehead atoms. The van der Waals surface area contributed by atoms with Gasteiger partial charge in [0.05, 0.1) is 5.92 Å². The number of piperazine rings is 1. The molecular formula is C21H30N6O2. The monoisotopic (exact) mass is 398 g/mol. The standard InChI is InChI=1S/C21H30N6O2/c1-2-4-18(21(28)29)19(20-22-24-25-23-20)13-15-6-8-16(9-7-15)27-12-11-26-10-3-5-17(26)14-27/h6-9,17-19H,2-5,10-14H2,1H3,(H,28,29)(H,22,23,24,25)/t17?,18-,19-/m0/s1. The molecule has 2 N–H and O–H groups in total. The summed E-state index contributed by atoms with van der Waals surface area (Å²) < 4.78 is 0. The number of aliphatic carboxylic acids is 1. The third-order valence-corrected chi connectivity index (χ3v) is 6.44. The number of nitrogens with one attached hydrogen (secondary N) is 1. The molecule has 0 aliphatic carbocycles. The molecule has 3 atom stereocenters. The normalized spacial score (nSPS) is 21.7. The summed E-state index contributed by atoms with van der Waals surface area (Å²) >= 11 is 0. The minimum atomic E-state index is -0.798. The van der Waals surface area contributed by atoms with Gasteiger partial charge in [-0.1, -0.05) is 30.7 Å². The van der Waals surface area contributed by atoms with Gasteiger partial charge in [0.25, 0.3) is 0 Å². The molecule has 0 amide bonds. The summed E-state index contributed by atoms with van der Waals surface area (Å²) in [6, 6.07) is 9.27. The fraction of sp³-hybridized carbons (Fsp3) is 0.619. The fourth-order valence-electron chi connectivity index (χ4n) is 4.87. The van der Waals surface area contributed by atoms with Crippen LogP contribution in [0.1, 0.15) is 49.9 Å². The third-order valence-electron chi connectivity index (χ3n) is 6.44. The van der Waals surface area contributed by atoms with Gasteiger partial charge in [-0.15, -0.1) is 10.2 Å². The predicted octanol–water partition coefficient (Wildman–Crippen LogP) is 2.31. The first-order valence-electron chi connectivity index (χ1n) is 10.7. The number of tetrazole rings is 1. The number of benzene rings is 1. The second-order valence-electron chi connectivity index (χ2n) is 8.26. The molecule has 0 radical (unpaired) electrons. The van der Waals surface area contributed by atoms with Crippen molar-refractivity contribution in [3.63, 3.8) is 0 Å². The van der Waals surface area contributed by atoms with Crippen LogP contribution in [0.15, 0.2) is 24.3 Å². The molecule has 2 aromatic rings. The lowest BCUT2D eigenvalue weighted by atomic mass is 9.83. The zero-order valence-electron chi connectivity index (χ0n) is 17.0. The Morgan fingerprint density at radius 2 is 2.10 bits per heavy atom. The number of H-pyrrole nitrogens is 1. The average molecular weight is 399 g/mol. The number of hydrogen-bond donors (Lipinski definition) is 2. The SMILES string of the molecule is CCC[C@H](C(=O)O)[C@H](Cc1ccc(N2CCN3CCCC3C2)cc1)c1nn[nH]n1. The average Bonchev–Trinajstić information content (AvgIpc) is 3.42. The van der Waals surface area contributed by atoms with E-state index < -0.39 is 11.9 Å². The Morgan fingerprint density at radius 3 is 2.79 bits per heavy atom. The molecular weight excluding hydrogens is 368 g/mol. The van der Waals surface area contributed by atoms with Crippen molar-refractivity contribution in [2.24, 2.45) is 5.92 Å². The van der Waals surface area contributed by atoms with E-state index in [1.165, 1.54) is 25.1 Å². The minimum Gasteiger partial charge on any atom is -0.481 e. The summed E-state index contributed by atoms with van der Waals surface area (Å²) in [5.74, 6) is -1.13. The molecule has 1 unspecified atom stereocenters. The van der Waals surface area contributed by atoms with Crippen LogP contribution >= 0.6 is 0 Å². The summed E-state index contributed by atoms with van der Waals surface area (Å²) in [4.78, 5) is 17.0. The van der Waals surface area contributed by atoms with Gasteiger partial charge < -0.3 is 10.0 Å². The lowest BCUT2D eigenvalue weighted by Gasteiger charge is -2.38. The van der Waals surface area contributed by atoms with E-state index in [9.17, 15) is 9.90 Å². The molecule has 8 heteroatoms. The first kappa shape index (κ1) is 19.8. The molecule has 2 fully saturated rings. The lowest BCUT2D eigenvalue weighted by Crippen LogP contribution is -2.50. The first-order valence-corrected chi connectivity index (χ1v) is 10.7. The highest BCUT2D eigenvalue weighted by molar-refractivity contribution is 5.71. The Kier molecular flexibility index (Phi) is 6.08. The molecule has 2 saturated heterocycles. The Labute approximate surface area is 171 Å². The quantitative estimate of drug-likeness (QED) is 0.704. The van der Waals surface area contributed by atoms with Crippen molar-refractivity contribution < 1.29 is 9.90 Å². The van der Waals surface area contributed by atoms with Crippen molar-refractivity contribution >= 4 is 11.7 Å². The molecule has 8 nitrogen and oxygen atoms in total. The van der Waals surface area contributed by atoms with Gasteiger partial charge in [-0.3, -0.25) is 9.69 Å². The molecule has 1 aromatic carbocycles. The molecule has 4 rings (SSSR count). The number of aromatic amines is 1. The maximum absolute atomic E-state index is 11.9. The van der Waals surface area contributed by atoms with Crippen LogP contribution in [0.4, 0.5) is 5.69 Å². The number of nitrogens with zero attached hydrogens (tertiary/aromatic N) is 5. The Morgan fingerprint density at radius 1 is 1.28 bits per heavy atom. The topological polar surface area (TPSA) is 98.2 Å². The maximum atomic E-state index is 11.9. The van der Waals surface area contributed by atoms with Crippen LogP contribution in [0.2, 0.25) is 0 Å². The van der Waals surface area contributed by atoms with E-state index in [2.05, 4.69) is 54.7 Å². The van der Waals surface area contributed by atoms with Crippen molar-refractivity contribution in [2.45, 2.75) is 51.0 Å². The van der Waals surface area contributed by atoms with Crippen LogP contribution in [0.25, 0.3) is 0 Å². The molecule has 1 aromatic heterocycles. The number of carboxylic acid groups (broad SMARTS) is 1. The molecule has 0 saturated carbocycles. The highest BCUT2D eigenvalue weighted by Crippen LogP contribution is 2.31. The Bertz CT molecular complexity index is 794. The lowest BCUT2D eigenvalue weighted by molar-refractivity contribution is -0.142. The van der Waals surface area contributed by atoms with Crippen LogP contribution in [-0.2, 0) is 11.2 Å². The van der Waals surface area contributed by atoms with E-state index in [4.69, 9.17) is 0 Å². The fourth-order valence-corrected chi connectivity index (χ4v) is 4.87. The summed E-state index contributed by atoms with van der Waals surface area (Å²) in [5.41, 5.74) is 2.35. The van der Waals surface area contributed by atoms with Crippen LogP contribution in [-0.4, -0.2) is 68.8 Å². The number of aromatic nitrogens is 4. The first-order chi connectivity index (χ1) is 14.2. The number of fused-ring (bicyclic) bond motifs is 1. The van der Waals surface area contributed by atoms with E-state index in [1.807, 2.05) is 6.92 Å². The summed E-state index contributed by atoms with van der Waals surface area (Å²) in [7, 11) is 0. The number of carbonyl (C=O) groups is 1. The van der Waals surface area contributed by atoms with Crippen molar-refractivity contribution in [1.29, 1.82) is 0 Å². The zero-order chi connectivity index (χ0) is 20.2. The van der Waals surface area contributed by atoms with Crippen molar-refractivity contribution in [3.8, 4) is 0 Å². The second kappa shape index (κ2) is 8.90. The largest absolute Gasteiger partial charge is 0.481 e. The molecule has 0 spiro atoms. The number of anilines is 1. The third kappa shape index (κ3) is 4.42. The van der Waals surface area contributed by atoms with Gasteiger partial charge in [0.2, 0.25) is 0 Å². The predicted molar refractivity (Wildman–Crippen MR) is 110 cm³/mol. The molecule has 3 heterocycles. The molecule has 2 aliphatic heterocycles. The van der Waals surface area contributed by atoms with E-state index in [1.54, 1.807) is 0 Å². The maximum Gasteiger partial charge on any atom is 0.307 e. The van der Waals surface area contributed by atoms with E-state index in [-0.39, 0.29) is 5.92 Å². The summed E-state index contributed by atoms with van der Waals surface area (Å²) in [6.45, 7) is 6.56. The van der Waals surface area contributed by atoms with Crippen LogP contribution in [0.3, 0.4) is 0 Å². The van der Waals surface area contributed by atoms with E-state index >= 15 is 0 Å². The number of carboxylic acids is 1. The smallest absolute Gasteiger partial charge is 0.307 e. The van der Waals surface area contributed by atoms with Crippen LogP contribution in [0, 0.1) is 5.92 Å². The van der Waals surface area contributed by atoms with Gasteiger partial charge in [-0.2, -0.15) is 5.21 Å². The van der Waals surface area contributed by atoms with Gasteiger partial charge in [0, 0.05) is 37.3 Å². The highest BCUT2D eigenvalue weighted by Gasteiger charge is 2.33. The minimum absolute atomic E-state index is 0.293. The highest BCUT2D eigenvalue weighted by atomic mass is 16.4. The van der Waals surface area contributed by atoms with Gasteiger partial charge in [0.15, 0.2) is 5.82 Å².